The monoisotopic (exact) mass is 387 g/mol. The number of anilines is 1. The number of rotatable bonds is 7. The molecule has 1 aromatic carbocycles. The van der Waals surface area contributed by atoms with E-state index in [1.54, 1.807) is 29.7 Å². The number of methoxy groups -OCH3 is 1. The molecule has 0 radical (unpaired) electrons. The zero-order chi connectivity index (χ0) is 18.9. The first kappa shape index (κ1) is 18.3. The van der Waals surface area contributed by atoms with Crippen molar-refractivity contribution in [3.05, 3.63) is 47.7 Å². The summed E-state index contributed by atoms with van der Waals surface area (Å²) < 4.78 is 32.4. The maximum absolute atomic E-state index is 12.7. The van der Waals surface area contributed by atoms with E-state index in [1.807, 2.05) is 12.1 Å². The molecule has 1 N–H and O–H groups in total. The van der Waals surface area contributed by atoms with E-state index in [0.29, 0.717) is 36.3 Å². The third kappa shape index (κ3) is 3.94. The van der Waals surface area contributed by atoms with Gasteiger partial charge in [-0.2, -0.15) is 4.31 Å². The van der Waals surface area contributed by atoms with E-state index in [-0.39, 0.29) is 0 Å². The molecule has 2 heterocycles. The largest absolute Gasteiger partial charge is 0.497 e. The van der Waals surface area contributed by atoms with E-state index in [2.05, 4.69) is 16.4 Å². The summed E-state index contributed by atoms with van der Waals surface area (Å²) in [5.74, 6) is 2.02. The first-order chi connectivity index (χ1) is 13.1. The number of ether oxygens (including phenoxy) is 1. The smallest absolute Gasteiger partial charge is 0.243 e. The van der Waals surface area contributed by atoms with Crippen molar-refractivity contribution in [3.63, 3.8) is 0 Å². The number of aromatic nitrogens is 1. The Morgan fingerprint density at radius 1 is 1.19 bits per heavy atom. The normalized spacial score (nSPS) is 17.8. The van der Waals surface area contributed by atoms with Gasteiger partial charge < -0.3 is 10.1 Å². The molecule has 0 bridgehead atoms. The zero-order valence-electron chi connectivity index (χ0n) is 15.5. The lowest BCUT2D eigenvalue weighted by atomic mass is 10.0. The Kier molecular flexibility index (Phi) is 5.06. The molecule has 144 valence electrons. The van der Waals surface area contributed by atoms with Gasteiger partial charge in [0.2, 0.25) is 10.0 Å². The van der Waals surface area contributed by atoms with E-state index in [1.165, 1.54) is 24.0 Å². The molecule has 0 amide bonds. The highest BCUT2D eigenvalue weighted by Gasteiger charge is 2.28. The van der Waals surface area contributed by atoms with Crippen molar-refractivity contribution >= 4 is 15.8 Å². The van der Waals surface area contributed by atoms with E-state index >= 15 is 0 Å². The molecule has 1 saturated heterocycles. The minimum absolute atomic E-state index is 0.301. The second kappa shape index (κ2) is 7.48. The Bertz CT molecular complexity index is 920. The van der Waals surface area contributed by atoms with Crippen LogP contribution in [0.1, 0.15) is 42.7 Å². The summed E-state index contributed by atoms with van der Waals surface area (Å²) in [4.78, 5) is 4.60. The Morgan fingerprint density at radius 3 is 2.67 bits per heavy atom. The fourth-order valence-corrected chi connectivity index (χ4v) is 5.12. The predicted octanol–water partition coefficient (Wildman–Crippen LogP) is 3.36. The van der Waals surface area contributed by atoms with Gasteiger partial charge in [0.05, 0.1) is 12.0 Å². The molecule has 0 atom stereocenters. The molecule has 6 nitrogen and oxygen atoms in total. The molecule has 4 rings (SSSR count). The minimum atomic E-state index is -3.43. The molecular formula is C20H25N3O3S. The van der Waals surface area contributed by atoms with Crippen molar-refractivity contribution in [2.75, 3.05) is 25.5 Å². The van der Waals surface area contributed by atoms with Crippen LogP contribution >= 0.6 is 0 Å². The van der Waals surface area contributed by atoms with Crippen LogP contribution in [0.25, 0.3) is 0 Å². The van der Waals surface area contributed by atoms with Crippen molar-refractivity contribution < 1.29 is 13.2 Å². The van der Waals surface area contributed by atoms with Crippen LogP contribution in [-0.4, -0.2) is 37.9 Å². The Balaban J connectivity index is 1.52. The molecule has 2 aliphatic rings. The van der Waals surface area contributed by atoms with Crippen molar-refractivity contribution in [2.24, 2.45) is 0 Å². The van der Waals surface area contributed by atoms with Gasteiger partial charge in [-0.25, -0.2) is 13.4 Å². The van der Waals surface area contributed by atoms with E-state index in [4.69, 9.17) is 4.74 Å². The van der Waals surface area contributed by atoms with E-state index in [0.717, 1.165) is 18.6 Å². The van der Waals surface area contributed by atoms with Crippen LogP contribution in [0.4, 0.5) is 5.82 Å². The summed E-state index contributed by atoms with van der Waals surface area (Å²) in [6.07, 6.45) is 5.85. The summed E-state index contributed by atoms with van der Waals surface area (Å²) >= 11 is 0. The van der Waals surface area contributed by atoms with Crippen LogP contribution in [0.5, 0.6) is 5.75 Å². The average molecular weight is 388 g/mol. The van der Waals surface area contributed by atoms with Crippen LogP contribution in [0, 0.1) is 0 Å². The molecule has 0 spiro atoms. The van der Waals surface area contributed by atoms with Gasteiger partial charge in [0.25, 0.3) is 0 Å². The maximum atomic E-state index is 12.7. The summed E-state index contributed by atoms with van der Waals surface area (Å²) in [5, 5.41) is 3.29. The number of sulfonamides is 1. The summed E-state index contributed by atoms with van der Waals surface area (Å²) in [5.41, 5.74) is 2.51. The van der Waals surface area contributed by atoms with Gasteiger partial charge in [0, 0.05) is 31.9 Å². The highest BCUT2D eigenvalue weighted by Crippen LogP contribution is 2.42. The number of hydrogen-bond donors (Lipinski definition) is 1. The average Bonchev–Trinajstić information content (AvgIpc) is 3.38. The Labute approximate surface area is 160 Å². The lowest BCUT2D eigenvalue weighted by molar-refractivity contribution is 0.414. The second-order valence-electron chi connectivity index (χ2n) is 7.18. The van der Waals surface area contributed by atoms with Crippen molar-refractivity contribution in [2.45, 2.75) is 43.0 Å². The van der Waals surface area contributed by atoms with Crippen LogP contribution in [0.2, 0.25) is 0 Å². The third-order valence-electron chi connectivity index (χ3n) is 5.26. The highest BCUT2D eigenvalue weighted by atomic mass is 32.2. The van der Waals surface area contributed by atoms with Crippen LogP contribution in [-0.2, 0) is 16.6 Å². The molecule has 27 heavy (non-hydrogen) atoms. The second-order valence-corrected chi connectivity index (χ2v) is 9.12. The van der Waals surface area contributed by atoms with Gasteiger partial charge in [-0.1, -0.05) is 6.07 Å². The van der Waals surface area contributed by atoms with Crippen molar-refractivity contribution in [3.8, 4) is 5.75 Å². The molecule has 1 aromatic heterocycles. The number of nitrogens with one attached hydrogen (secondary N) is 1. The van der Waals surface area contributed by atoms with E-state index < -0.39 is 10.0 Å². The molecule has 2 aromatic rings. The van der Waals surface area contributed by atoms with Gasteiger partial charge in [0.15, 0.2) is 0 Å². The third-order valence-corrected chi connectivity index (χ3v) is 7.16. The Hall–Kier alpha value is -2.12. The van der Waals surface area contributed by atoms with Gasteiger partial charge in [-0.3, -0.25) is 0 Å². The fraction of sp³-hybridized carbons (Fsp3) is 0.450. The standard InChI is InChI=1S/C20H25N3O3S/c1-26-17-6-7-19(15-4-5-15)16(12-17)14-22-20-13-18(8-9-21-20)27(24,25)23-10-2-3-11-23/h6-9,12-13,15H,2-5,10-11,14H2,1H3,(H,21,22). The SMILES string of the molecule is COc1ccc(C2CC2)c(CNc2cc(S(=O)(=O)N3CCCC3)ccn2)c1. The van der Waals surface area contributed by atoms with Crippen LogP contribution < -0.4 is 10.1 Å². The van der Waals surface area contributed by atoms with Crippen LogP contribution in [0.3, 0.4) is 0 Å². The first-order valence-electron chi connectivity index (χ1n) is 9.45. The Morgan fingerprint density at radius 2 is 1.96 bits per heavy atom. The number of pyridine rings is 1. The topological polar surface area (TPSA) is 71.5 Å². The quantitative estimate of drug-likeness (QED) is 0.789. The maximum Gasteiger partial charge on any atom is 0.243 e. The minimum Gasteiger partial charge on any atom is -0.497 e. The lowest BCUT2D eigenvalue weighted by Crippen LogP contribution is -2.27. The first-order valence-corrected chi connectivity index (χ1v) is 10.9. The molecule has 1 saturated carbocycles. The number of hydrogen-bond acceptors (Lipinski definition) is 5. The van der Waals surface area contributed by atoms with Crippen LogP contribution in [0.15, 0.2) is 41.4 Å². The molecule has 2 fully saturated rings. The van der Waals surface area contributed by atoms with Crippen molar-refractivity contribution in [1.82, 2.24) is 9.29 Å². The number of nitrogens with zero attached hydrogens (tertiary/aromatic N) is 2. The lowest BCUT2D eigenvalue weighted by Gasteiger charge is -2.16. The molecular weight excluding hydrogens is 362 g/mol. The van der Waals surface area contributed by atoms with E-state index in [9.17, 15) is 8.42 Å². The summed E-state index contributed by atoms with van der Waals surface area (Å²) in [6, 6.07) is 9.38. The molecule has 0 unspecified atom stereocenters. The van der Waals surface area contributed by atoms with Gasteiger partial charge in [-0.05, 0) is 60.9 Å². The summed E-state index contributed by atoms with van der Waals surface area (Å²) in [7, 11) is -1.77. The van der Waals surface area contributed by atoms with Gasteiger partial charge >= 0.3 is 0 Å². The number of benzene rings is 1. The predicted molar refractivity (Wildman–Crippen MR) is 105 cm³/mol. The molecule has 1 aliphatic heterocycles. The van der Waals surface area contributed by atoms with Crippen molar-refractivity contribution in [1.29, 1.82) is 0 Å². The summed E-state index contributed by atoms with van der Waals surface area (Å²) in [6.45, 7) is 1.78. The molecule has 7 heteroatoms. The highest BCUT2D eigenvalue weighted by molar-refractivity contribution is 7.89. The molecule has 1 aliphatic carbocycles. The van der Waals surface area contributed by atoms with Gasteiger partial charge in [0.1, 0.15) is 11.6 Å². The zero-order valence-corrected chi connectivity index (χ0v) is 16.3. The van der Waals surface area contributed by atoms with Gasteiger partial charge in [-0.15, -0.1) is 0 Å². The fourth-order valence-electron chi connectivity index (χ4n) is 3.59.